The van der Waals surface area contributed by atoms with E-state index in [1.165, 1.54) is 12.1 Å². The molecule has 4 atom stereocenters. The lowest BCUT2D eigenvalue weighted by Gasteiger charge is -2.23. The van der Waals surface area contributed by atoms with Crippen LogP contribution >= 0.6 is 0 Å². The number of nitrogens with one attached hydrogen (secondary N) is 1. The molecule has 6 heteroatoms. The maximum absolute atomic E-state index is 12.5. The molecule has 0 amide bonds. The number of sulfonamides is 1. The maximum Gasteiger partial charge on any atom is 0.240 e. The third-order valence-electron chi connectivity index (χ3n) is 4.26. The van der Waals surface area contributed by atoms with Gasteiger partial charge in [-0.15, -0.1) is 0 Å². The highest BCUT2D eigenvalue weighted by molar-refractivity contribution is 7.89. The van der Waals surface area contributed by atoms with Crippen molar-refractivity contribution in [3.63, 3.8) is 0 Å². The number of hydrogen-bond acceptors (Lipinski definition) is 4. The van der Waals surface area contributed by atoms with Crippen molar-refractivity contribution in [2.45, 2.75) is 35.5 Å². The van der Waals surface area contributed by atoms with Gasteiger partial charge in [0.15, 0.2) is 0 Å². The first-order valence-electron chi connectivity index (χ1n) is 7.47. The van der Waals surface area contributed by atoms with Gasteiger partial charge < -0.3 is 10.2 Å². The van der Waals surface area contributed by atoms with Gasteiger partial charge >= 0.3 is 0 Å². The third kappa shape index (κ3) is 3.30. The Balaban J connectivity index is 1.90. The Labute approximate surface area is 135 Å². The van der Waals surface area contributed by atoms with E-state index in [9.17, 15) is 18.6 Å². The van der Waals surface area contributed by atoms with Gasteiger partial charge in [0, 0.05) is 5.92 Å². The van der Waals surface area contributed by atoms with Crippen LogP contribution in [-0.4, -0.2) is 36.9 Å². The van der Waals surface area contributed by atoms with Gasteiger partial charge in [-0.05, 0) is 24.1 Å². The lowest BCUT2D eigenvalue weighted by Crippen LogP contribution is -2.45. The minimum absolute atomic E-state index is 0.139. The zero-order valence-electron chi connectivity index (χ0n) is 12.4. The average Bonchev–Trinajstić information content (AvgIpc) is 2.84. The maximum atomic E-state index is 12.5. The molecule has 1 saturated carbocycles. The molecule has 0 aliphatic heterocycles. The van der Waals surface area contributed by atoms with Gasteiger partial charge in [0.2, 0.25) is 10.0 Å². The van der Waals surface area contributed by atoms with Gasteiger partial charge in [0.05, 0.1) is 23.1 Å². The fourth-order valence-electron chi connectivity index (χ4n) is 3.07. The Kier molecular flexibility index (Phi) is 4.50. The second kappa shape index (κ2) is 6.41. The van der Waals surface area contributed by atoms with Crippen LogP contribution in [0.3, 0.4) is 0 Å². The van der Waals surface area contributed by atoms with Crippen LogP contribution in [0, 0.1) is 0 Å². The van der Waals surface area contributed by atoms with Crippen molar-refractivity contribution in [3.8, 4) is 0 Å². The zero-order valence-corrected chi connectivity index (χ0v) is 13.2. The predicted molar refractivity (Wildman–Crippen MR) is 86.4 cm³/mol. The van der Waals surface area contributed by atoms with E-state index in [4.69, 9.17) is 0 Å². The van der Waals surface area contributed by atoms with Crippen LogP contribution in [0.1, 0.15) is 17.9 Å². The molecule has 2 aromatic carbocycles. The van der Waals surface area contributed by atoms with Crippen molar-refractivity contribution in [1.29, 1.82) is 0 Å². The van der Waals surface area contributed by atoms with Crippen molar-refractivity contribution >= 4 is 10.0 Å². The van der Waals surface area contributed by atoms with Crippen LogP contribution in [0.4, 0.5) is 0 Å². The molecule has 0 aromatic heterocycles. The highest BCUT2D eigenvalue weighted by Gasteiger charge is 2.44. The summed E-state index contributed by atoms with van der Waals surface area (Å²) in [7, 11) is -3.76. The zero-order chi connectivity index (χ0) is 16.4. The van der Waals surface area contributed by atoms with Crippen molar-refractivity contribution in [3.05, 3.63) is 66.2 Å². The Morgan fingerprint density at radius 2 is 1.48 bits per heavy atom. The fourth-order valence-corrected chi connectivity index (χ4v) is 4.38. The first-order valence-corrected chi connectivity index (χ1v) is 8.96. The standard InChI is InChI=1S/C17H19NO4S/c19-15-11-14(12-7-3-1-4-8-12)16(17(15)20)18-23(21,22)13-9-5-2-6-10-13/h1-10,14-20H,11H2/t14-,15-,16-,17-/m1/s1. The summed E-state index contributed by atoms with van der Waals surface area (Å²) in [5.74, 6) is -0.278. The molecule has 0 radical (unpaired) electrons. The Hall–Kier alpha value is -1.73. The molecule has 1 aliphatic carbocycles. The van der Waals surface area contributed by atoms with E-state index in [0.717, 1.165) is 5.56 Å². The smallest absolute Gasteiger partial charge is 0.240 e. The van der Waals surface area contributed by atoms with E-state index < -0.39 is 28.3 Å². The lowest BCUT2D eigenvalue weighted by molar-refractivity contribution is 0.0338. The Morgan fingerprint density at radius 1 is 0.913 bits per heavy atom. The summed E-state index contributed by atoms with van der Waals surface area (Å²) in [5.41, 5.74) is 0.892. The normalized spacial score (nSPS) is 27.9. The molecular weight excluding hydrogens is 314 g/mol. The van der Waals surface area contributed by atoms with Crippen molar-refractivity contribution in [2.24, 2.45) is 0 Å². The minimum atomic E-state index is -3.76. The SMILES string of the molecule is O=S(=O)(N[C@H]1[C@H](O)[C@H](O)C[C@@H]1c1ccccc1)c1ccccc1. The number of aliphatic hydroxyl groups is 2. The predicted octanol–water partition coefficient (Wildman–Crippen LogP) is 1.24. The minimum Gasteiger partial charge on any atom is -0.390 e. The molecule has 5 nitrogen and oxygen atoms in total. The van der Waals surface area contributed by atoms with Crippen LogP contribution in [-0.2, 0) is 10.0 Å². The molecule has 0 saturated heterocycles. The molecule has 1 aliphatic rings. The quantitative estimate of drug-likeness (QED) is 0.786. The summed E-state index contributed by atoms with van der Waals surface area (Å²) in [6, 6.07) is 16.6. The van der Waals surface area contributed by atoms with Crippen LogP contribution in [0.5, 0.6) is 0 Å². The van der Waals surface area contributed by atoms with Crippen LogP contribution in [0.15, 0.2) is 65.6 Å². The molecule has 1 fully saturated rings. The Bertz CT molecular complexity index is 749. The molecule has 0 unspecified atom stereocenters. The summed E-state index contributed by atoms with van der Waals surface area (Å²) in [6.07, 6.45) is -1.78. The van der Waals surface area contributed by atoms with Gasteiger partial charge in [-0.2, -0.15) is 0 Å². The molecule has 0 bridgehead atoms. The number of rotatable bonds is 4. The highest BCUT2D eigenvalue weighted by atomic mass is 32.2. The molecule has 3 rings (SSSR count). The number of aliphatic hydroxyl groups excluding tert-OH is 2. The summed E-state index contributed by atoms with van der Waals surface area (Å²) in [4.78, 5) is 0.139. The largest absolute Gasteiger partial charge is 0.390 e. The summed E-state index contributed by atoms with van der Waals surface area (Å²) >= 11 is 0. The summed E-state index contributed by atoms with van der Waals surface area (Å²) < 4.78 is 27.6. The van der Waals surface area contributed by atoms with Gasteiger partial charge in [0.25, 0.3) is 0 Å². The van der Waals surface area contributed by atoms with E-state index in [0.29, 0.717) is 6.42 Å². The van der Waals surface area contributed by atoms with E-state index in [1.54, 1.807) is 18.2 Å². The van der Waals surface area contributed by atoms with Crippen LogP contribution < -0.4 is 4.72 Å². The molecule has 0 spiro atoms. The van der Waals surface area contributed by atoms with Crippen molar-refractivity contribution in [1.82, 2.24) is 4.72 Å². The topological polar surface area (TPSA) is 86.6 Å². The van der Waals surface area contributed by atoms with Crippen molar-refractivity contribution < 1.29 is 18.6 Å². The van der Waals surface area contributed by atoms with E-state index in [-0.39, 0.29) is 10.8 Å². The molecule has 0 heterocycles. The van der Waals surface area contributed by atoms with Gasteiger partial charge in [-0.25, -0.2) is 13.1 Å². The molecule has 23 heavy (non-hydrogen) atoms. The highest BCUT2D eigenvalue weighted by Crippen LogP contribution is 2.36. The summed E-state index contributed by atoms with van der Waals surface area (Å²) in [5, 5.41) is 20.2. The lowest BCUT2D eigenvalue weighted by atomic mass is 9.94. The van der Waals surface area contributed by atoms with E-state index in [2.05, 4.69) is 4.72 Å². The third-order valence-corrected chi connectivity index (χ3v) is 5.74. The fraction of sp³-hybridized carbons (Fsp3) is 0.294. The average molecular weight is 333 g/mol. The second-order valence-corrected chi connectivity index (χ2v) is 7.48. The van der Waals surface area contributed by atoms with E-state index >= 15 is 0 Å². The summed E-state index contributed by atoms with van der Waals surface area (Å²) in [6.45, 7) is 0. The van der Waals surface area contributed by atoms with Gasteiger partial charge in [-0.3, -0.25) is 0 Å². The van der Waals surface area contributed by atoms with E-state index in [1.807, 2.05) is 30.3 Å². The molecule has 122 valence electrons. The monoisotopic (exact) mass is 333 g/mol. The number of hydrogen-bond donors (Lipinski definition) is 3. The second-order valence-electron chi connectivity index (χ2n) is 5.77. The van der Waals surface area contributed by atoms with Gasteiger partial charge in [0.1, 0.15) is 0 Å². The first kappa shape index (κ1) is 16.1. The first-order chi connectivity index (χ1) is 11.0. The van der Waals surface area contributed by atoms with Crippen LogP contribution in [0.25, 0.3) is 0 Å². The number of benzene rings is 2. The molecular formula is C17H19NO4S. The molecule has 2 aromatic rings. The Morgan fingerprint density at radius 3 is 2.09 bits per heavy atom. The van der Waals surface area contributed by atoms with Gasteiger partial charge in [-0.1, -0.05) is 48.5 Å². The van der Waals surface area contributed by atoms with Crippen LogP contribution in [0.2, 0.25) is 0 Å². The molecule has 3 N–H and O–H groups in total. The van der Waals surface area contributed by atoms with Crippen molar-refractivity contribution in [2.75, 3.05) is 0 Å².